The summed E-state index contributed by atoms with van der Waals surface area (Å²) in [4.78, 5) is 18.7. The summed E-state index contributed by atoms with van der Waals surface area (Å²) >= 11 is 1.34. The lowest BCUT2D eigenvalue weighted by Crippen LogP contribution is -2.19. The van der Waals surface area contributed by atoms with Crippen molar-refractivity contribution in [1.82, 2.24) is 14.0 Å². The van der Waals surface area contributed by atoms with Crippen molar-refractivity contribution in [3.63, 3.8) is 0 Å². The molecule has 0 aliphatic carbocycles. The predicted molar refractivity (Wildman–Crippen MR) is 144 cm³/mol. The van der Waals surface area contributed by atoms with Gasteiger partial charge in [-0.3, -0.25) is 9.48 Å². The zero-order valence-corrected chi connectivity index (χ0v) is 21.4. The Morgan fingerprint density at radius 2 is 1.76 bits per heavy atom. The van der Waals surface area contributed by atoms with Crippen LogP contribution in [0.2, 0.25) is 0 Å². The molecule has 8 nitrogen and oxygen atoms in total. The smallest absolute Gasteiger partial charge is 0.297 e. The van der Waals surface area contributed by atoms with Gasteiger partial charge < -0.3 is 9.47 Å². The van der Waals surface area contributed by atoms with E-state index in [4.69, 9.17) is 19.6 Å². The van der Waals surface area contributed by atoms with Crippen LogP contribution in [0.5, 0.6) is 11.5 Å². The van der Waals surface area contributed by atoms with Crippen molar-refractivity contribution in [2.24, 2.45) is 17.1 Å². The number of fused-ring (bicyclic) bond motifs is 1. The molecule has 190 valence electrons. The van der Waals surface area contributed by atoms with Gasteiger partial charge in [-0.25, -0.2) is 18.7 Å². The van der Waals surface area contributed by atoms with Gasteiger partial charge in [0.05, 0.1) is 23.3 Å². The van der Waals surface area contributed by atoms with Gasteiger partial charge in [0.1, 0.15) is 5.82 Å². The van der Waals surface area contributed by atoms with E-state index in [0.717, 1.165) is 16.8 Å². The number of hydrogen-bond acceptors (Lipinski definition) is 6. The molecule has 1 aliphatic rings. The fraction of sp³-hybridized carbons (Fsp3) is 0.107. The monoisotopic (exact) mass is 527 g/mol. The van der Waals surface area contributed by atoms with Crippen molar-refractivity contribution in [3.8, 4) is 28.4 Å². The van der Waals surface area contributed by atoms with Gasteiger partial charge in [0.2, 0.25) is 11.6 Å². The summed E-state index contributed by atoms with van der Waals surface area (Å²) in [5.74, 6) is 1.00. The number of benzene rings is 3. The lowest BCUT2D eigenvalue weighted by atomic mass is 10.2. The molecule has 0 spiro atoms. The molecule has 5 aromatic rings. The van der Waals surface area contributed by atoms with E-state index in [9.17, 15) is 9.18 Å². The number of aromatic nitrogens is 3. The number of thiazole rings is 1. The Morgan fingerprint density at radius 1 is 1.00 bits per heavy atom. The number of para-hydroxylation sites is 1. The Kier molecular flexibility index (Phi) is 6.01. The summed E-state index contributed by atoms with van der Waals surface area (Å²) in [7, 11) is 1.83. The molecule has 38 heavy (non-hydrogen) atoms. The molecule has 1 aliphatic heterocycles. The maximum Gasteiger partial charge on any atom is 0.297 e. The lowest BCUT2D eigenvalue weighted by molar-refractivity contribution is 0.174. The third-order valence-electron chi connectivity index (χ3n) is 6.28. The van der Waals surface area contributed by atoms with Gasteiger partial charge in [-0.05, 0) is 67.1 Å². The summed E-state index contributed by atoms with van der Waals surface area (Å²) in [6.07, 6.45) is 1.68. The van der Waals surface area contributed by atoms with E-state index in [0.29, 0.717) is 33.4 Å². The molecule has 0 saturated heterocycles. The number of halogens is 1. The minimum absolute atomic E-state index is 0.184. The highest BCUT2D eigenvalue weighted by atomic mass is 32.1. The van der Waals surface area contributed by atoms with Gasteiger partial charge >= 0.3 is 0 Å². The summed E-state index contributed by atoms with van der Waals surface area (Å²) < 4.78 is 29.5. The van der Waals surface area contributed by atoms with Crippen LogP contribution in [0.4, 0.5) is 10.1 Å². The molecule has 0 unspecified atom stereocenters. The van der Waals surface area contributed by atoms with Gasteiger partial charge in [-0.1, -0.05) is 18.2 Å². The van der Waals surface area contributed by atoms with Crippen molar-refractivity contribution >= 4 is 23.2 Å². The second-order valence-electron chi connectivity index (χ2n) is 8.60. The Balaban J connectivity index is 1.50. The van der Waals surface area contributed by atoms with E-state index in [1.54, 1.807) is 32.4 Å². The zero-order valence-electron chi connectivity index (χ0n) is 20.5. The first kappa shape index (κ1) is 23.7. The number of ether oxygens (including phenoxy) is 2. The Labute approximate surface area is 220 Å². The Bertz CT molecular complexity index is 1800. The molecular weight excluding hydrogens is 505 g/mol. The van der Waals surface area contributed by atoms with Crippen LogP contribution < -0.4 is 19.8 Å². The SMILES string of the molecule is Cc1c(N=c2scc(-c3ccc(F)cc3)n2N=Cc2ccc3c(c2)OCO3)c(=O)n(-c2ccccc2)n1C. The zero-order chi connectivity index (χ0) is 26.2. The molecule has 3 heterocycles. The minimum Gasteiger partial charge on any atom is -0.454 e. The summed E-state index contributed by atoms with van der Waals surface area (Å²) in [5, 5.41) is 6.59. The third-order valence-corrected chi connectivity index (χ3v) is 7.09. The van der Waals surface area contributed by atoms with Gasteiger partial charge in [0.25, 0.3) is 5.56 Å². The van der Waals surface area contributed by atoms with Crippen LogP contribution in [-0.2, 0) is 7.05 Å². The number of hydrogen-bond donors (Lipinski definition) is 0. The van der Waals surface area contributed by atoms with Crippen LogP contribution in [0, 0.1) is 12.7 Å². The first-order chi connectivity index (χ1) is 18.5. The van der Waals surface area contributed by atoms with E-state index in [1.165, 1.54) is 23.5 Å². The fourth-order valence-corrected chi connectivity index (χ4v) is 5.05. The van der Waals surface area contributed by atoms with E-state index in [2.05, 4.69) is 0 Å². The quantitative estimate of drug-likeness (QED) is 0.302. The molecule has 0 radical (unpaired) electrons. The molecule has 3 aromatic carbocycles. The highest BCUT2D eigenvalue weighted by Gasteiger charge is 2.17. The fourth-order valence-electron chi connectivity index (χ4n) is 4.20. The largest absolute Gasteiger partial charge is 0.454 e. The second kappa shape index (κ2) is 9.64. The molecule has 0 N–H and O–H groups in total. The molecule has 10 heteroatoms. The van der Waals surface area contributed by atoms with Crippen LogP contribution in [0.15, 0.2) is 93.1 Å². The average molecular weight is 528 g/mol. The van der Waals surface area contributed by atoms with Gasteiger partial charge in [-0.2, -0.15) is 5.10 Å². The lowest BCUT2D eigenvalue weighted by Gasteiger charge is -2.07. The van der Waals surface area contributed by atoms with Crippen molar-refractivity contribution in [3.05, 3.63) is 110 Å². The van der Waals surface area contributed by atoms with Crippen LogP contribution in [0.1, 0.15) is 11.3 Å². The first-order valence-corrected chi connectivity index (χ1v) is 12.7. The first-order valence-electron chi connectivity index (χ1n) is 11.8. The van der Waals surface area contributed by atoms with Crippen molar-refractivity contribution < 1.29 is 13.9 Å². The van der Waals surface area contributed by atoms with E-state index in [-0.39, 0.29) is 18.2 Å². The maximum atomic E-state index is 13.6. The summed E-state index contributed by atoms with van der Waals surface area (Å²) in [6, 6.07) is 21.1. The van der Waals surface area contributed by atoms with E-state index in [1.807, 2.05) is 67.9 Å². The topological polar surface area (TPSA) is 75.0 Å². The van der Waals surface area contributed by atoms with E-state index < -0.39 is 0 Å². The molecule has 0 bridgehead atoms. The van der Waals surface area contributed by atoms with Gasteiger partial charge in [0, 0.05) is 18.0 Å². The second-order valence-corrected chi connectivity index (χ2v) is 9.44. The predicted octanol–water partition coefficient (Wildman–Crippen LogP) is 5.00. The van der Waals surface area contributed by atoms with E-state index >= 15 is 0 Å². The highest BCUT2D eigenvalue weighted by Crippen LogP contribution is 2.32. The van der Waals surface area contributed by atoms with Crippen LogP contribution >= 0.6 is 11.3 Å². The molecule has 0 fully saturated rings. The Morgan fingerprint density at radius 3 is 2.55 bits per heavy atom. The maximum absolute atomic E-state index is 13.6. The van der Waals surface area contributed by atoms with Crippen LogP contribution in [0.3, 0.4) is 0 Å². The highest BCUT2D eigenvalue weighted by molar-refractivity contribution is 7.07. The average Bonchev–Trinajstić information content (AvgIpc) is 3.62. The third kappa shape index (κ3) is 4.24. The van der Waals surface area contributed by atoms with Crippen molar-refractivity contribution in [1.29, 1.82) is 0 Å². The molecule has 0 amide bonds. The summed E-state index contributed by atoms with van der Waals surface area (Å²) in [5.41, 5.74) is 3.81. The standard InChI is InChI=1S/C28H22FN5O3S/c1-18-26(27(35)34(32(18)2)22-6-4-3-5-7-22)31-28-33(23(16-38-28)20-9-11-21(29)12-10-20)30-15-19-8-13-24-25(14-19)37-17-36-24/h3-16H,17H2,1-2H3. The molecule has 2 aromatic heterocycles. The molecule has 0 saturated carbocycles. The van der Waals surface area contributed by atoms with Crippen LogP contribution in [0.25, 0.3) is 16.9 Å². The Hall–Kier alpha value is -4.70. The normalized spacial score (nSPS) is 13.1. The molecule has 0 atom stereocenters. The number of rotatable bonds is 5. The van der Waals surface area contributed by atoms with Gasteiger partial charge in [0.15, 0.2) is 17.2 Å². The van der Waals surface area contributed by atoms with Crippen LogP contribution in [-0.4, -0.2) is 27.0 Å². The minimum atomic E-state index is -0.328. The molecule has 6 rings (SSSR count). The van der Waals surface area contributed by atoms with Crippen molar-refractivity contribution in [2.75, 3.05) is 6.79 Å². The van der Waals surface area contributed by atoms with Gasteiger partial charge in [-0.15, -0.1) is 11.3 Å². The van der Waals surface area contributed by atoms with Crippen molar-refractivity contribution in [2.45, 2.75) is 6.92 Å². The summed E-state index contributed by atoms with van der Waals surface area (Å²) in [6.45, 7) is 2.04. The molecular formula is C28H22FN5O3S. The number of nitrogens with zero attached hydrogens (tertiary/aromatic N) is 5.